The van der Waals surface area contributed by atoms with E-state index in [4.69, 9.17) is 14.2 Å². The first-order valence-corrected chi connectivity index (χ1v) is 9.16. The van der Waals surface area contributed by atoms with E-state index in [0.717, 1.165) is 22.8 Å². The minimum atomic E-state index is -1.21. The molecule has 1 unspecified atom stereocenters. The van der Waals surface area contributed by atoms with Gasteiger partial charge in [-0.15, -0.1) is 0 Å². The van der Waals surface area contributed by atoms with E-state index < -0.39 is 23.6 Å². The lowest BCUT2D eigenvalue weighted by atomic mass is 9.94. The molecule has 0 aromatic heterocycles. The Balaban J connectivity index is 1.62. The zero-order valence-electron chi connectivity index (χ0n) is 16.0. The van der Waals surface area contributed by atoms with Gasteiger partial charge in [0.2, 0.25) is 0 Å². The Morgan fingerprint density at radius 2 is 1.48 bits per heavy atom. The molecule has 0 saturated carbocycles. The lowest BCUT2D eigenvalue weighted by Crippen LogP contribution is -2.17. The number of hydrogen-bond donors (Lipinski definition) is 0. The average molecular weight is 400 g/mol. The first-order chi connectivity index (χ1) is 14.0. The number of ether oxygens (including phenoxy) is 3. The predicted octanol–water partition coefficient (Wildman–Crippen LogP) is 5.85. The van der Waals surface area contributed by atoms with Gasteiger partial charge in [0, 0.05) is 11.6 Å². The van der Waals surface area contributed by atoms with E-state index in [9.17, 15) is 13.2 Å². The van der Waals surface area contributed by atoms with Gasteiger partial charge in [-0.2, -0.15) is 0 Å². The van der Waals surface area contributed by atoms with Crippen molar-refractivity contribution in [3.05, 3.63) is 77.1 Å². The molecule has 1 atom stereocenters. The molecule has 29 heavy (non-hydrogen) atoms. The summed E-state index contributed by atoms with van der Waals surface area (Å²) in [5, 5.41) is 0. The SMILES string of the molecule is COc1ccc(-c2ccc3c(c2)CCC(c2cc(F)c(F)cc2F)O3)cc1OC. The summed E-state index contributed by atoms with van der Waals surface area (Å²) < 4.78 is 57.4. The summed E-state index contributed by atoms with van der Waals surface area (Å²) in [6.45, 7) is 0. The van der Waals surface area contributed by atoms with Crippen LogP contribution >= 0.6 is 0 Å². The van der Waals surface area contributed by atoms with Crippen LogP contribution in [-0.2, 0) is 6.42 Å². The second-order valence-corrected chi connectivity index (χ2v) is 6.83. The fraction of sp³-hybridized carbons (Fsp3) is 0.217. The molecule has 6 heteroatoms. The molecule has 0 N–H and O–H groups in total. The minimum absolute atomic E-state index is 0.0264. The van der Waals surface area contributed by atoms with Crippen LogP contribution in [0.25, 0.3) is 11.1 Å². The molecule has 150 valence electrons. The molecule has 0 radical (unpaired) electrons. The van der Waals surface area contributed by atoms with Gasteiger partial charge in [0.15, 0.2) is 23.1 Å². The van der Waals surface area contributed by atoms with Crippen molar-refractivity contribution in [2.75, 3.05) is 14.2 Å². The highest BCUT2D eigenvalue weighted by Crippen LogP contribution is 2.39. The van der Waals surface area contributed by atoms with E-state index >= 15 is 0 Å². The van der Waals surface area contributed by atoms with E-state index in [-0.39, 0.29) is 5.56 Å². The van der Waals surface area contributed by atoms with Crippen molar-refractivity contribution in [1.82, 2.24) is 0 Å². The summed E-state index contributed by atoms with van der Waals surface area (Å²) in [7, 11) is 3.17. The number of hydrogen-bond acceptors (Lipinski definition) is 3. The van der Waals surface area contributed by atoms with Crippen molar-refractivity contribution in [3.63, 3.8) is 0 Å². The number of methoxy groups -OCH3 is 2. The van der Waals surface area contributed by atoms with Crippen molar-refractivity contribution in [1.29, 1.82) is 0 Å². The maximum absolute atomic E-state index is 14.1. The molecule has 0 fully saturated rings. The van der Waals surface area contributed by atoms with Crippen LogP contribution in [0.15, 0.2) is 48.5 Å². The van der Waals surface area contributed by atoms with Gasteiger partial charge in [0.25, 0.3) is 0 Å². The second kappa shape index (κ2) is 7.70. The molecule has 0 bridgehead atoms. The lowest BCUT2D eigenvalue weighted by Gasteiger charge is -2.27. The van der Waals surface area contributed by atoms with Gasteiger partial charge in [-0.05, 0) is 59.9 Å². The quantitative estimate of drug-likeness (QED) is 0.514. The van der Waals surface area contributed by atoms with Crippen molar-refractivity contribution >= 4 is 0 Å². The van der Waals surface area contributed by atoms with Crippen molar-refractivity contribution in [2.24, 2.45) is 0 Å². The zero-order valence-corrected chi connectivity index (χ0v) is 16.0. The maximum atomic E-state index is 14.1. The van der Waals surface area contributed by atoms with Gasteiger partial charge in [-0.1, -0.05) is 12.1 Å². The zero-order chi connectivity index (χ0) is 20.5. The highest BCUT2D eigenvalue weighted by atomic mass is 19.2. The van der Waals surface area contributed by atoms with E-state index in [1.54, 1.807) is 14.2 Å². The molecule has 3 nitrogen and oxygen atoms in total. The van der Waals surface area contributed by atoms with E-state index in [1.165, 1.54) is 0 Å². The highest BCUT2D eigenvalue weighted by molar-refractivity contribution is 5.69. The van der Waals surface area contributed by atoms with Gasteiger partial charge in [-0.25, -0.2) is 13.2 Å². The van der Waals surface area contributed by atoms with Gasteiger partial charge in [0.1, 0.15) is 17.7 Å². The van der Waals surface area contributed by atoms with Crippen molar-refractivity contribution in [2.45, 2.75) is 18.9 Å². The highest BCUT2D eigenvalue weighted by Gasteiger charge is 2.25. The Morgan fingerprint density at radius 3 is 2.24 bits per heavy atom. The monoisotopic (exact) mass is 400 g/mol. The summed E-state index contributed by atoms with van der Waals surface area (Å²) in [6, 6.07) is 12.8. The Morgan fingerprint density at radius 1 is 0.793 bits per heavy atom. The van der Waals surface area contributed by atoms with Crippen LogP contribution in [0.3, 0.4) is 0 Å². The van der Waals surface area contributed by atoms with Gasteiger partial charge < -0.3 is 14.2 Å². The molecule has 0 spiro atoms. The van der Waals surface area contributed by atoms with Crippen molar-refractivity contribution < 1.29 is 27.4 Å². The molecule has 3 aromatic rings. The summed E-state index contributed by atoms with van der Waals surface area (Å²) in [5.41, 5.74) is 2.93. The fourth-order valence-corrected chi connectivity index (χ4v) is 3.59. The molecule has 0 amide bonds. The molecular formula is C23H19F3O3. The first kappa shape index (κ1) is 19.2. The molecule has 1 aliphatic heterocycles. The average Bonchev–Trinajstić information content (AvgIpc) is 2.75. The number of fused-ring (bicyclic) bond motifs is 1. The van der Waals surface area contributed by atoms with Crippen LogP contribution in [0.5, 0.6) is 17.2 Å². The predicted molar refractivity (Wildman–Crippen MR) is 103 cm³/mol. The summed E-state index contributed by atoms with van der Waals surface area (Å²) in [4.78, 5) is 0. The van der Waals surface area contributed by atoms with Gasteiger partial charge in [0.05, 0.1) is 14.2 Å². The number of rotatable bonds is 4. The number of benzene rings is 3. The third-order valence-corrected chi connectivity index (χ3v) is 5.11. The van der Waals surface area contributed by atoms with Crippen LogP contribution in [0.1, 0.15) is 23.7 Å². The lowest BCUT2D eigenvalue weighted by molar-refractivity contribution is 0.171. The Bertz CT molecular complexity index is 1070. The maximum Gasteiger partial charge on any atom is 0.161 e. The standard InChI is InChI=1S/C23H19F3O3/c1-27-22-8-4-14(10-23(22)28-2)13-3-6-20-15(9-13)5-7-21(29-20)16-11-18(25)19(26)12-17(16)24/h3-4,6,8-12,21H,5,7H2,1-2H3. The van der Waals surface area contributed by atoms with Crippen LogP contribution < -0.4 is 14.2 Å². The van der Waals surface area contributed by atoms with Crippen LogP contribution in [0.2, 0.25) is 0 Å². The third kappa shape index (κ3) is 3.62. The largest absolute Gasteiger partial charge is 0.493 e. The number of aryl methyl sites for hydroxylation is 1. The molecule has 4 rings (SSSR count). The smallest absolute Gasteiger partial charge is 0.161 e. The summed E-state index contributed by atoms with van der Waals surface area (Å²) >= 11 is 0. The normalized spacial score (nSPS) is 15.4. The molecule has 3 aromatic carbocycles. The van der Waals surface area contributed by atoms with E-state index in [2.05, 4.69) is 0 Å². The minimum Gasteiger partial charge on any atom is -0.493 e. The summed E-state index contributed by atoms with van der Waals surface area (Å²) in [5.74, 6) is -1.21. The van der Waals surface area contributed by atoms with Crippen LogP contribution in [-0.4, -0.2) is 14.2 Å². The Kier molecular flexibility index (Phi) is 5.09. The van der Waals surface area contributed by atoms with Gasteiger partial charge in [-0.3, -0.25) is 0 Å². The first-order valence-electron chi connectivity index (χ1n) is 9.16. The third-order valence-electron chi connectivity index (χ3n) is 5.11. The topological polar surface area (TPSA) is 27.7 Å². The number of halogens is 3. The Hall–Kier alpha value is -3.15. The van der Waals surface area contributed by atoms with E-state index in [1.807, 2.05) is 36.4 Å². The second-order valence-electron chi connectivity index (χ2n) is 6.83. The Labute approximate surface area is 166 Å². The van der Waals surface area contributed by atoms with Crippen LogP contribution in [0, 0.1) is 17.5 Å². The fourth-order valence-electron chi connectivity index (χ4n) is 3.59. The van der Waals surface area contributed by atoms with Crippen molar-refractivity contribution in [3.8, 4) is 28.4 Å². The molecule has 0 aliphatic carbocycles. The van der Waals surface area contributed by atoms with E-state index in [0.29, 0.717) is 36.2 Å². The molecular weight excluding hydrogens is 381 g/mol. The summed E-state index contributed by atoms with van der Waals surface area (Å²) in [6.07, 6.45) is 0.425. The van der Waals surface area contributed by atoms with Gasteiger partial charge >= 0.3 is 0 Å². The molecule has 0 saturated heterocycles. The molecule has 1 heterocycles. The molecule has 1 aliphatic rings. The van der Waals surface area contributed by atoms with Crippen LogP contribution in [0.4, 0.5) is 13.2 Å².